The Morgan fingerprint density at radius 3 is 1.42 bits per heavy atom. The molecule has 52 heavy (non-hydrogen) atoms. The first-order chi connectivity index (χ1) is 24.6. The van der Waals surface area contributed by atoms with E-state index in [0.717, 1.165) is 24.3 Å². The zero-order valence-corrected chi connectivity index (χ0v) is 27.3. The van der Waals surface area contributed by atoms with Crippen LogP contribution in [0.4, 0.5) is 30.7 Å². The van der Waals surface area contributed by atoms with Gasteiger partial charge in [0, 0.05) is 27.8 Å². The molecule has 4 aromatic heterocycles. The average molecular weight is 761 g/mol. The van der Waals surface area contributed by atoms with Crippen molar-refractivity contribution in [2.45, 2.75) is 18.3 Å². The molecule has 0 atom stereocenters. The summed E-state index contributed by atoms with van der Waals surface area (Å²) in [5.41, 5.74) is -9.14. The van der Waals surface area contributed by atoms with Crippen molar-refractivity contribution in [1.29, 1.82) is 0 Å². The quantitative estimate of drug-likeness (QED) is 0.123. The van der Waals surface area contributed by atoms with E-state index >= 15 is 0 Å². The summed E-state index contributed by atoms with van der Waals surface area (Å²) in [5.74, 6) is -3.71. The second-order valence-corrected chi connectivity index (χ2v) is 12.8. The number of phenols is 2. The Balaban J connectivity index is 1.47. The summed E-state index contributed by atoms with van der Waals surface area (Å²) in [6, 6.07) is 15.0. The predicted octanol–water partition coefficient (Wildman–Crippen LogP) is 7.66. The van der Waals surface area contributed by atoms with Crippen molar-refractivity contribution in [1.82, 2.24) is 29.5 Å². The third-order valence-corrected chi connectivity index (χ3v) is 9.58. The molecule has 0 saturated carbocycles. The predicted molar refractivity (Wildman–Crippen MR) is 176 cm³/mol. The van der Waals surface area contributed by atoms with Crippen LogP contribution in [0.3, 0.4) is 0 Å². The van der Waals surface area contributed by atoms with Gasteiger partial charge in [0.05, 0.1) is 22.5 Å². The number of rotatable bonds is 7. The highest BCUT2D eigenvalue weighted by molar-refractivity contribution is 7.12. The molecule has 0 aliphatic rings. The summed E-state index contributed by atoms with van der Waals surface area (Å²) in [5, 5.41) is 26.2. The second-order valence-electron chi connectivity index (χ2n) is 11.1. The van der Waals surface area contributed by atoms with E-state index in [2.05, 4.69) is 9.97 Å². The molecule has 3 aromatic carbocycles. The molecular formula is C33H19F7N6O4S2. The van der Waals surface area contributed by atoms with Crippen LogP contribution in [0.5, 0.6) is 11.5 Å². The maximum atomic E-state index is 14.8. The molecule has 7 aromatic rings. The zero-order chi connectivity index (χ0) is 37.1. The number of hydrogen-bond donors (Lipinski definition) is 4. The summed E-state index contributed by atoms with van der Waals surface area (Å²) in [6.45, 7) is 0. The lowest BCUT2D eigenvalue weighted by molar-refractivity contribution is -0.142. The fourth-order valence-electron chi connectivity index (χ4n) is 5.63. The average Bonchev–Trinajstić information content (AvgIpc) is 3.89. The summed E-state index contributed by atoms with van der Waals surface area (Å²) >= 11 is 1.38. The summed E-state index contributed by atoms with van der Waals surface area (Å²) in [7, 11) is 0. The van der Waals surface area contributed by atoms with Crippen molar-refractivity contribution in [2.75, 3.05) is 0 Å². The van der Waals surface area contributed by atoms with Gasteiger partial charge in [0.1, 0.15) is 28.7 Å². The SMILES string of the molecule is O=c1c(C(c2ccc(F)cc2)c2c(C(F)(F)F)[nH]n(-c3nc(-c4ccccc4O)cs3)c2=O)c(C(F)(F)F)[nH]n1-c1nc(-c2ccccc2O)cs1. The number of hydrogen-bond acceptors (Lipinski definition) is 8. The number of alkyl halides is 6. The molecular weight excluding hydrogens is 742 g/mol. The van der Waals surface area contributed by atoms with Crippen molar-refractivity contribution in [3.63, 3.8) is 0 Å². The van der Waals surface area contributed by atoms with Gasteiger partial charge >= 0.3 is 12.4 Å². The molecule has 0 aliphatic carbocycles. The van der Waals surface area contributed by atoms with E-state index in [1.165, 1.54) is 47.2 Å². The molecule has 0 aliphatic heterocycles. The molecule has 0 spiro atoms. The highest BCUT2D eigenvalue weighted by atomic mass is 32.1. The van der Waals surface area contributed by atoms with Crippen molar-refractivity contribution < 1.29 is 40.9 Å². The number of halogens is 7. The van der Waals surface area contributed by atoms with Gasteiger partial charge in [-0.1, -0.05) is 36.4 Å². The van der Waals surface area contributed by atoms with Gasteiger partial charge in [-0.15, -0.1) is 22.7 Å². The van der Waals surface area contributed by atoms with E-state index in [1.54, 1.807) is 12.1 Å². The molecule has 10 nitrogen and oxygen atoms in total. The number of benzene rings is 3. The van der Waals surface area contributed by atoms with Crippen LogP contribution in [-0.2, 0) is 12.4 Å². The Hall–Kier alpha value is -5.95. The minimum atomic E-state index is -5.40. The summed E-state index contributed by atoms with van der Waals surface area (Å²) in [6.07, 6.45) is -10.8. The Labute approximate surface area is 293 Å². The largest absolute Gasteiger partial charge is 0.507 e. The molecule has 7 rings (SSSR count). The van der Waals surface area contributed by atoms with Crippen LogP contribution in [0.15, 0.2) is 93.1 Å². The molecule has 4 N–H and O–H groups in total. The maximum Gasteiger partial charge on any atom is 0.433 e. The van der Waals surface area contributed by atoms with Crippen LogP contribution in [0.25, 0.3) is 32.8 Å². The fraction of sp³-hybridized carbons (Fsp3) is 0.0909. The number of thiazole rings is 2. The molecule has 0 radical (unpaired) electrons. The number of nitrogens with zero attached hydrogens (tertiary/aromatic N) is 4. The van der Waals surface area contributed by atoms with Gasteiger partial charge in [0.15, 0.2) is 0 Å². The van der Waals surface area contributed by atoms with Crippen LogP contribution >= 0.6 is 22.7 Å². The topological polar surface area (TPSA) is 142 Å². The lowest BCUT2D eigenvalue weighted by Crippen LogP contribution is -2.27. The summed E-state index contributed by atoms with van der Waals surface area (Å²) < 4.78 is 104. The Morgan fingerprint density at radius 1 is 0.635 bits per heavy atom. The number of nitrogens with one attached hydrogen (secondary N) is 2. The first-order valence-corrected chi connectivity index (χ1v) is 16.5. The number of aromatic amines is 2. The van der Waals surface area contributed by atoms with E-state index in [-0.39, 0.29) is 44.3 Å². The first kappa shape index (κ1) is 34.5. The maximum absolute atomic E-state index is 14.8. The Morgan fingerprint density at radius 2 is 1.04 bits per heavy atom. The van der Waals surface area contributed by atoms with E-state index in [0.29, 0.717) is 32.0 Å². The van der Waals surface area contributed by atoms with Crippen LogP contribution in [0.2, 0.25) is 0 Å². The smallest absolute Gasteiger partial charge is 0.433 e. The monoisotopic (exact) mass is 760 g/mol. The number of aromatic nitrogens is 6. The molecule has 266 valence electrons. The standard InChI is InChI=1S/C33H19F7N6O4S2/c34-16-11-9-15(10-12-16)23(24-26(32(35,36)37)43-45(28(24)49)30-41-19(13-51-30)17-5-1-3-7-21(17)47)25-27(33(38,39)40)44-46(29(25)50)31-42-20(14-52-31)18-6-2-4-8-22(18)48/h1-14,23,43-44,47-48H. The molecule has 0 bridgehead atoms. The van der Waals surface area contributed by atoms with E-state index in [4.69, 9.17) is 0 Å². The molecule has 0 unspecified atom stereocenters. The molecule has 19 heteroatoms. The second kappa shape index (κ2) is 12.7. The van der Waals surface area contributed by atoms with Crippen molar-refractivity contribution in [3.8, 4) is 44.3 Å². The van der Waals surface area contributed by atoms with Gasteiger partial charge in [-0.25, -0.2) is 14.4 Å². The van der Waals surface area contributed by atoms with Gasteiger partial charge in [-0.3, -0.25) is 19.8 Å². The normalized spacial score (nSPS) is 12.2. The van der Waals surface area contributed by atoms with Gasteiger partial charge in [0.25, 0.3) is 11.1 Å². The molecule has 4 heterocycles. The van der Waals surface area contributed by atoms with Crippen LogP contribution in [-0.4, -0.2) is 39.7 Å². The molecule has 0 fully saturated rings. The van der Waals surface area contributed by atoms with Gasteiger partial charge in [-0.2, -0.15) is 35.7 Å². The van der Waals surface area contributed by atoms with Crippen molar-refractivity contribution >= 4 is 22.7 Å². The van der Waals surface area contributed by atoms with Gasteiger partial charge in [-0.05, 0) is 42.0 Å². The third-order valence-electron chi connectivity index (χ3n) is 7.93. The fourth-order valence-corrected chi connectivity index (χ4v) is 7.20. The lowest BCUT2D eigenvalue weighted by atomic mass is 9.84. The van der Waals surface area contributed by atoms with Gasteiger partial charge in [0.2, 0.25) is 10.3 Å². The minimum absolute atomic E-state index is 0.0734. The highest BCUT2D eigenvalue weighted by Crippen LogP contribution is 2.42. The van der Waals surface area contributed by atoms with E-state index in [9.17, 15) is 50.5 Å². The first-order valence-electron chi connectivity index (χ1n) is 14.7. The van der Waals surface area contributed by atoms with Crippen molar-refractivity contribution in [3.05, 3.63) is 138 Å². The van der Waals surface area contributed by atoms with E-state index in [1.807, 2.05) is 10.2 Å². The van der Waals surface area contributed by atoms with Crippen molar-refractivity contribution in [2.24, 2.45) is 0 Å². The third kappa shape index (κ3) is 6.06. The van der Waals surface area contributed by atoms with E-state index < -0.39 is 63.3 Å². The number of para-hydroxylation sites is 2. The Bertz CT molecular complexity index is 2410. The van der Waals surface area contributed by atoms with Crippen LogP contribution in [0.1, 0.15) is 34.0 Å². The van der Waals surface area contributed by atoms with Crippen LogP contribution < -0.4 is 11.1 Å². The highest BCUT2D eigenvalue weighted by Gasteiger charge is 2.47. The number of H-pyrrole nitrogens is 2. The Kier molecular flexibility index (Phi) is 8.41. The number of aromatic hydroxyl groups is 2. The molecule has 0 saturated heterocycles. The van der Waals surface area contributed by atoms with Gasteiger partial charge < -0.3 is 10.2 Å². The summed E-state index contributed by atoms with van der Waals surface area (Å²) in [4.78, 5) is 36.5. The number of phenolic OH excluding ortho intramolecular Hbond substituents is 2. The lowest BCUT2D eigenvalue weighted by Gasteiger charge is -2.19. The van der Waals surface area contributed by atoms with Crippen LogP contribution in [0, 0.1) is 5.82 Å². The zero-order valence-electron chi connectivity index (χ0n) is 25.6. The molecule has 0 amide bonds. The minimum Gasteiger partial charge on any atom is -0.507 e.